The van der Waals surface area contributed by atoms with E-state index in [0.29, 0.717) is 12.5 Å². The zero-order valence-electron chi connectivity index (χ0n) is 8.45. The second-order valence-corrected chi connectivity index (χ2v) is 4.25. The molecule has 0 saturated carbocycles. The van der Waals surface area contributed by atoms with Crippen LogP contribution < -0.4 is 5.32 Å². The Hall–Kier alpha value is -0.260. The first-order valence-electron chi connectivity index (χ1n) is 4.80. The Morgan fingerprint density at radius 2 is 2.57 bits per heavy atom. The highest BCUT2D eigenvalue weighted by atomic mass is 32.2. The zero-order chi connectivity index (χ0) is 10.2. The fourth-order valence-corrected chi connectivity index (χ4v) is 2.15. The molecule has 1 fully saturated rings. The van der Waals surface area contributed by atoms with E-state index in [-0.39, 0.29) is 5.97 Å². The van der Waals surface area contributed by atoms with Crippen LogP contribution in [0.25, 0.3) is 0 Å². The second-order valence-electron chi connectivity index (χ2n) is 3.10. The second kappa shape index (κ2) is 7.09. The van der Waals surface area contributed by atoms with Gasteiger partial charge in [0.25, 0.3) is 0 Å². The number of thioether (sulfide) groups is 1. The van der Waals surface area contributed by atoms with Crippen LogP contribution in [0.2, 0.25) is 0 Å². The van der Waals surface area contributed by atoms with Gasteiger partial charge in [-0.05, 0) is 0 Å². The molecule has 14 heavy (non-hydrogen) atoms. The molecule has 1 heterocycles. The fraction of sp³-hybridized carbons (Fsp3) is 0.889. The highest BCUT2D eigenvalue weighted by Gasteiger charge is 2.12. The molecule has 0 radical (unpaired) electrons. The number of esters is 1. The van der Waals surface area contributed by atoms with Gasteiger partial charge in [-0.25, -0.2) is 0 Å². The van der Waals surface area contributed by atoms with Crippen molar-refractivity contribution in [2.75, 3.05) is 38.3 Å². The molecule has 0 aliphatic carbocycles. The van der Waals surface area contributed by atoms with Gasteiger partial charge in [0.2, 0.25) is 0 Å². The van der Waals surface area contributed by atoms with Crippen molar-refractivity contribution in [1.29, 1.82) is 0 Å². The third-order valence-corrected chi connectivity index (χ3v) is 3.09. The van der Waals surface area contributed by atoms with Crippen LogP contribution >= 0.6 is 11.8 Å². The first kappa shape index (κ1) is 11.8. The van der Waals surface area contributed by atoms with Crippen LogP contribution in [0.15, 0.2) is 0 Å². The fourth-order valence-electron chi connectivity index (χ4n) is 1.20. The van der Waals surface area contributed by atoms with Gasteiger partial charge in [-0.15, -0.1) is 0 Å². The van der Waals surface area contributed by atoms with Crippen molar-refractivity contribution in [3.8, 4) is 0 Å². The molecule has 1 unspecified atom stereocenters. The summed E-state index contributed by atoms with van der Waals surface area (Å²) in [4.78, 5) is 10.8. The van der Waals surface area contributed by atoms with E-state index in [1.165, 1.54) is 7.11 Å². The predicted octanol–water partition coefficient (Wildman–Crippen LogP) is 0.271. The van der Waals surface area contributed by atoms with Gasteiger partial charge in [-0.3, -0.25) is 4.79 Å². The van der Waals surface area contributed by atoms with Crippen LogP contribution in [0.5, 0.6) is 0 Å². The minimum Gasteiger partial charge on any atom is -0.469 e. The maximum atomic E-state index is 10.8. The molecule has 0 bridgehead atoms. The summed E-state index contributed by atoms with van der Waals surface area (Å²) in [5.41, 5.74) is 0. The zero-order valence-corrected chi connectivity index (χ0v) is 9.27. The molecule has 0 aromatic rings. The Kier molecular flexibility index (Phi) is 5.98. The van der Waals surface area contributed by atoms with Gasteiger partial charge >= 0.3 is 5.97 Å². The standard InChI is InChI=1S/C9H17NO3S/c1-12-9(11)2-5-14-7-8-6-10-3-4-13-8/h8,10H,2-7H2,1H3. The van der Waals surface area contributed by atoms with E-state index in [1.54, 1.807) is 11.8 Å². The summed E-state index contributed by atoms with van der Waals surface area (Å²) in [6.45, 7) is 2.66. The maximum absolute atomic E-state index is 10.8. The van der Waals surface area contributed by atoms with E-state index >= 15 is 0 Å². The highest BCUT2D eigenvalue weighted by Crippen LogP contribution is 2.09. The Morgan fingerprint density at radius 3 is 3.21 bits per heavy atom. The van der Waals surface area contributed by atoms with Crippen LogP contribution in [0.3, 0.4) is 0 Å². The van der Waals surface area contributed by atoms with E-state index in [9.17, 15) is 4.79 Å². The smallest absolute Gasteiger partial charge is 0.306 e. The van der Waals surface area contributed by atoms with Crippen molar-refractivity contribution in [2.45, 2.75) is 12.5 Å². The monoisotopic (exact) mass is 219 g/mol. The van der Waals surface area contributed by atoms with E-state index in [1.807, 2.05) is 0 Å². The minimum absolute atomic E-state index is 0.139. The molecule has 4 nitrogen and oxygen atoms in total. The van der Waals surface area contributed by atoms with Crippen molar-refractivity contribution in [3.63, 3.8) is 0 Å². The van der Waals surface area contributed by atoms with E-state index in [2.05, 4.69) is 10.1 Å². The molecular weight excluding hydrogens is 202 g/mol. The van der Waals surface area contributed by atoms with E-state index in [4.69, 9.17) is 4.74 Å². The van der Waals surface area contributed by atoms with Crippen molar-refractivity contribution in [1.82, 2.24) is 5.32 Å². The number of carbonyl (C=O) groups excluding carboxylic acids is 1. The van der Waals surface area contributed by atoms with Gasteiger partial charge in [0, 0.05) is 24.6 Å². The number of nitrogens with one attached hydrogen (secondary N) is 1. The lowest BCUT2D eigenvalue weighted by Gasteiger charge is -2.23. The molecule has 0 aromatic heterocycles. The molecule has 1 rings (SSSR count). The van der Waals surface area contributed by atoms with Crippen LogP contribution in [0, 0.1) is 0 Å². The summed E-state index contributed by atoms with van der Waals surface area (Å²) in [5, 5.41) is 3.27. The number of carbonyl (C=O) groups is 1. The molecule has 5 heteroatoms. The first-order valence-corrected chi connectivity index (χ1v) is 5.95. The molecule has 0 aromatic carbocycles. The average molecular weight is 219 g/mol. The van der Waals surface area contributed by atoms with Crippen molar-refractivity contribution >= 4 is 17.7 Å². The molecule has 0 spiro atoms. The Morgan fingerprint density at radius 1 is 1.71 bits per heavy atom. The summed E-state index contributed by atoms with van der Waals surface area (Å²) in [6, 6.07) is 0. The molecule has 1 aliphatic heterocycles. The largest absolute Gasteiger partial charge is 0.469 e. The summed E-state index contributed by atoms with van der Waals surface area (Å²) < 4.78 is 10.1. The van der Waals surface area contributed by atoms with Crippen molar-refractivity contribution in [2.24, 2.45) is 0 Å². The minimum atomic E-state index is -0.139. The third-order valence-electron chi connectivity index (χ3n) is 1.99. The van der Waals surface area contributed by atoms with Crippen molar-refractivity contribution < 1.29 is 14.3 Å². The van der Waals surface area contributed by atoms with Gasteiger partial charge < -0.3 is 14.8 Å². The molecule has 0 amide bonds. The highest BCUT2D eigenvalue weighted by molar-refractivity contribution is 7.99. The lowest BCUT2D eigenvalue weighted by Crippen LogP contribution is -2.39. The Bertz CT molecular complexity index is 171. The predicted molar refractivity (Wildman–Crippen MR) is 56.6 cm³/mol. The molecular formula is C9H17NO3S. The third kappa shape index (κ3) is 4.83. The number of hydrogen-bond acceptors (Lipinski definition) is 5. The van der Waals surface area contributed by atoms with Gasteiger partial charge in [-0.2, -0.15) is 11.8 Å². The molecule has 1 aliphatic rings. The molecule has 1 atom stereocenters. The number of methoxy groups -OCH3 is 1. The van der Waals surface area contributed by atoms with E-state index in [0.717, 1.165) is 31.2 Å². The topological polar surface area (TPSA) is 47.6 Å². The quantitative estimate of drug-likeness (QED) is 0.531. The van der Waals surface area contributed by atoms with Crippen molar-refractivity contribution in [3.05, 3.63) is 0 Å². The van der Waals surface area contributed by atoms with Crippen LogP contribution in [0.1, 0.15) is 6.42 Å². The normalized spacial score (nSPS) is 21.9. The van der Waals surface area contributed by atoms with Gasteiger partial charge in [0.15, 0.2) is 0 Å². The van der Waals surface area contributed by atoms with Gasteiger partial charge in [0.05, 0.1) is 26.2 Å². The Labute approximate surface area is 88.7 Å². The number of hydrogen-bond donors (Lipinski definition) is 1. The summed E-state index contributed by atoms with van der Waals surface area (Å²) >= 11 is 1.74. The lowest BCUT2D eigenvalue weighted by molar-refractivity contribution is -0.140. The van der Waals surface area contributed by atoms with Crippen LogP contribution in [0.4, 0.5) is 0 Å². The number of ether oxygens (including phenoxy) is 2. The first-order chi connectivity index (χ1) is 6.83. The average Bonchev–Trinajstić information content (AvgIpc) is 2.25. The van der Waals surface area contributed by atoms with Crippen LogP contribution in [-0.2, 0) is 14.3 Å². The molecule has 82 valence electrons. The van der Waals surface area contributed by atoms with E-state index < -0.39 is 0 Å². The SMILES string of the molecule is COC(=O)CCSCC1CNCCO1. The summed E-state index contributed by atoms with van der Waals surface area (Å²) in [7, 11) is 1.42. The van der Waals surface area contributed by atoms with Crippen LogP contribution in [-0.4, -0.2) is 50.4 Å². The Balaban J connectivity index is 1.94. The summed E-state index contributed by atoms with van der Waals surface area (Å²) in [6.07, 6.45) is 0.785. The van der Waals surface area contributed by atoms with Gasteiger partial charge in [-0.1, -0.05) is 0 Å². The molecule has 1 saturated heterocycles. The lowest BCUT2D eigenvalue weighted by atomic mass is 10.3. The number of morpholine rings is 1. The number of rotatable bonds is 5. The molecule has 1 N–H and O–H groups in total. The van der Waals surface area contributed by atoms with Gasteiger partial charge in [0.1, 0.15) is 0 Å². The maximum Gasteiger partial charge on any atom is 0.306 e. The summed E-state index contributed by atoms with van der Waals surface area (Å²) in [5.74, 6) is 1.62.